The van der Waals surface area contributed by atoms with Crippen molar-refractivity contribution in [1.82, 2.24) is 10.2 Å². The molecule has 0 heterocycles. The van der Waals surface area contributed by atoms with Gasteiger partial charge in [0, 0.05) is 30.0 Å². The predicted octanol–water partition coefficient (Wildman–Crippen LogP) is 4.88. The number of nitrogens with one attached hydrogen (secondary N) is 3. The molecule has 1 aliphatic carbocycles. The van der Waals surface area contributed by atoms with Crippen LogP contribution in [0.5, 0.6) is 0 Å². The van der Waals surface area contributed by atoms with Crippen LogP contribution in [0.25, 0.3) is 0 Å². The molecule has 33 heavy (non-hydrogen) atoms. The van der Waals surface area contributed by atoms with Crippen molar-refractivity contribution in [3.05, 3.63) is 60.2 Å². The van der Waals surface area contributed by atoms with Crippen molar-refractivity contribution in [1.29, 1.82) is 0 Å². The summed E-state index contributed by atoms with van der Waals surface area (Å²) in [5.74, 6) is -0.429. The molecule has 1 aliphatic rings. The second-order valence-electron chi connectivity index (χ2n) is 8.96. The molecule has 3 rings (SSSR count). The Morgan fingerprint density at radius 2 is 1.45 bits per heavy atom. The molecule has 176 valence electrons. The van der Waals surface area contributed by atoms with Gasteiger partial charge in [0.15, 0.2) is 0 Å². The van der Waals surface area contributed by atoms with Crippen molar-refractivity contribution < 1.29 is 14.4 Å². The topological polar surface area (TPSA) is 90.5 Å². The lowest BCUT2D eigenvalue weighted by Gasteiger charge is -2.31. The third-order valence-electron chi connectivity index (χ3n) is 6.11. The number of nitrogens with zero attached hydrogens (tertiary/aromatic N) is 1. The van der Waals surface area contributed by atoms with Crippen molar-refractivity contribution in [3.8, 4) is 0 Å². The maximum Gasteiger partial charge on any atom is 0.319 e. The Morgan fingerprint density at radius 1 is 0.848 bits per heavy atom. The molecule has 2 aromatic carbocycles. The van der Waals surface area contributed by atoms with E-state index in [-0.39, 0.29) is 17.7 Å². The van der Waals surface area contributed by atoms with E-state index >= 15 is 0 Å². The number of benzene rings is 2. The Labute approximate surface area is 195 Å². The summed E-state index contributed by atoms with van der Waals surface area (Å²) in [5, 5.41) is 8.32. The minimum absolute atomic E-state index is 0.000849. The first-order valence-electron chi connectivity index (χ1n) is 11.7. The quantitative estimate of drug-likeness (QED) is 0.562. The van der Waals surface area contributed by atoms with E-state index in [4.69, 9.17) is 0 Å². The van der Waals surface area contributed by atoms with Gasteiger partial charge in [-0.2, -0.15) is 0 Å². The summed E-state index contributed by atoms with van der Waals surface area (Å²) in [6, 6.07) is 15.1. The molecule has 1 atom stereocenters. The molecular weight excluding hydrogens is 416 g/mol. The third-order valence-corrected chi connectivity index (χ3v) is 6.11. The van der Waals surface area contributed by atoms with Crippen LogP contribution in [0.4, 0.5) is 16.2 Å². The Morgan fingerprint density at radius 3 is 2.06 bits per heavy atom. The van der Waals surface area contributed by atoms with Gasteiger partial charge in [0.2, 0.25) is 5.91 Å². The van der Waals surface area contributed by atoms with Crippen molar-refractivity contribution >= 4 is 29.2 Å². The molecule has 1 fully saturated rings. The van der Waals surface area contributed by atoms with E-state index in [2.05, 4.69) is 16.0 Å². The number of urea groups is 1. The fourth-order valence-electron chi connectivity index (χ4n) is 4.12. The van der Waals surface area contributed by atoms with Crippen LogP contribution in [0.3, 0.4) is 0 Å². The average Bonchev–Trinajstić information content (AvgIpc) is 2.83. The first kappa shape index (κ1) is 24.3. The van der Waals surface area contributed by atoms with E-state index in [9.17, 15) is 14.4 Å². The highest BCUT2D eigenvalue weighted by Gasteiger charge is 2.25. The summed E-state index contributed by atoms with van der Waals surface area (Å²) in [5.41, 5.74) is 1.82. The second kappa shape index (κ2) is 11.5. The number of hydrogen-bond acceptors (Lipinski definition) is 3. The summed E-state index contributed by atoms with van der Waals surface area (Å²) in [6.45, 7) is 3.74. The lowest BCUT2D eigenvalue weighted by molar-refractivity contribution is -0.118. The molecule has 0 radical (unpaired) electrons. The maximum atomic E-state index is 12.8. The summed E-state index contributed by atoms with van der Waals surface area (Å²) in [7, 11) is 1.87. The molecule has 0 spiro atoms. The molecule has 0 bridgehead atoms. The fraction of sp³-hybridized carbons (Fsp3) is 0.423. The van der Waals surface area contributed by atoms with Gasteiger partial charge in [-0.3, -0.25) is 9.59 Å². The van der Waals surface area contributed by atoms with Gasteiger partial charge < -0.3 is 20.9 Å². The van der Waals surface area contributed by atoms with Crippen molar-refractivity contribution in [2.75, 3.05) is 17.7 Å². The minimum Gasteiger partial charge on any atom is -0.339 e. The number of carbonyl (C=O) groups excluding carboxylic acids is 3. The largest absolute Gasteiger partial charge is 0.339 e. The predicted molar refractivity (Wildman–Crippen MR) is 131 cm³/mol. The van der Waals surface area contributed by atoms with Crippen LogP contribution in [-0.4, -0.2) is 41.9 Å². The van der Waals surface area contributed by atoms with Crippen molar-refractivity contribution in [3.63, 3.8) is 0 Å². The lowest BCUT2D eigenvalue weighted by atomic mass is 9.94. The van der Waals surface area contributed by atoms with E-state index in [1.807, 2.05) is 44.0 Å². The van der Waals surface area contributed by atoms with Crippen molar-refractivity contribution in [2.24, 2.45) is 5.92 Å². The lowest BCUT2D eigenvalue weighted by Crippen LogP contribution is -2.48. The number of amides is 4. The van der Waals surface area contributed by atoms with Gasteiger partial charge in [0.05, 0.1) is 0 Å². The fourth-order valence-corrected chi connectivity index (χ4v) is 4.12. The Bertz CT molecular complexity index is 938. The molecule has 0 aliphatic heterocycles. The Balaban J connectivity index is 1.58. The summed E-state index contributed by atoms with van der Waals surface area (Å²) < 4.78 is 0. The average molecular weight is 451 g/mol. The van der Waals surface area contributed by atoms with Crippen LogP contribution in [0.2, 0.25) is 0 Å². The first-order valence-corrected chi connectivity index (χ1v) is 11.7. The normalized spacial score (nSPS) is 14.9. The molecule has 1 saturated carbocycles. The van der Waals surface area contributed by atoms with Gasteiger partial charge >= 0.3 is 6.03 Å². The summed E-state index contributed by atoms with van der Waals surface area (Å²) in [6.07, 6.45) is 5.69. The van der Waals surface area contributed by atoms with E-state index in [0.29, 0.717) is 23.0 Å². The highest BCUT2D eigenvalue weighted by Crippen LogP contribution is 2.23. The van der Waals surface area contributed by atoms with Crippen LogP contribution in [0.15, 0.2) is 54.6 Å². The highest BCUT2D eigenvalue weighted by molar-refractivity contribution is 6.00. The number of hydrogen-bond donors (Lipinski definition) is 3. The van der Waals surface area contributed by atoms with Gasteiger partial charge in [-0.05, 0) is 55.2 Å². The maximum absolute atomic E-state index is 12.8. The SMILES string of the molecule is CC(C)C(NC(=O)Nc1ccccc1)C(=O)Nc1ccc(C(=O)N(C)C2CCCCC2)cc1. The third kappa shape index (κ3) is 6.81. The van der Waals surface area contributed by atoms with Crippen LogP contribution in [0, 0.1) is 5.92 Å². The molecule has 4 amide bonds. The van der Waals surface area contributed by atoms with E-state index < -0.39 is 12.1 Å². The van der Waals surface area contributed by atoms with Gasteiger partial charge in [-0.1, -0.05) is 51.3 Å². The van der Waals surface area contributed by atoms with Crippen LogP contribution >= 0.6 is 0 Å². The molecule has 3 N–H and O–H groups in total. The van der Waals surface area contributed by atoms with Gasteiger partial charge in [-0.25, -0.2) is 4.79 Å². The second-order valence-corrected chi connectivity index (χ2v) is 8.96. The molecule has 2 aromatic rings. The van der Waals surface area contributed by atoms with Crippen LogP contribution in [0.1, 0.15) is 56.3 Å². The first-order chi connectivity index (χ1) is 15.8. The summed E-state index contributed by atoms with van der Waals surface area (Å²) >= 11 is 0. The molecular formula is C26H34N4O3. The van der Waals surface area contributed by atoms with Crippen molar-refractivity contribution in [2.45, 2.75) is 58.0 Å². The molecule has 0 saturated heterocycles. The van der Waals surface area contributed by atoms with E-state index in [1.165, 1.54) is 19.3 Å². The number of para-hydroxylation sites is 1. The minimum atomic E-state index is -0.715. The Kier molecular flexibility index (Phi) is 8.46. The smallest absolute Gasteiger partial charge is 0.319 e. The number of rotatable bonds is 7. The summed E-state index contributed by atoms with van der Waals surface area (Å²) in [4.78, 5) is 39.9. The van der Waals surface area contributed by atoms with Gasteiger partial charge in [0.1, 0.15) is 6.04 Å². The zero-order chi connectivity index (χ0) is 23.8. The number of carbonyl (C=O) groups is 3. The monoisotopic (exact) mass is 450 g/mol. The van der Waals surface area contributed by atoms with Gasteiger partial charge in [0.25, 0.3) is 5.91 Å². The molecule has 7 nitrogen and oxygen atoms in total. The van der Waals surface area contributed by atoms with Crippen LogP contribution < -0.4 is 16.0 Å². The standard InChI is InChI=1S/C26H34N4O3/c1-18(2)23(29-26(33)28-20-10-6-4-7-11-20)24(31)27-21-16-14-19(15-17-21)25(32)30(3)22-12-8-5-9-13-22/h4,6-7,10-11,14-18,22-23H,5,8-9,12-13H2,1-3H3,(H,27,31)(H2,28,29,33). The number of anilines is 2. The molecule has 1 unspecified atom stereocenters. The molecule has 0 aromatic heterocycles. The highest BCUT2D eigenvalue weighted by atomic mass is 16.2. The van der Waals surface area contributed by atoms with E-state index in [1.54, 1.807) is 36.4 Å². The zero-order valence-corrected chi connectivity index (χ0v) is 19.6. The van der Waals surface area contributed by atoms with Gasteiger partial charge in [-0.15, -0.1) is 0 Å². The van der Waals surface area contributed by atoms with E-state index in [0.717, 1.165) is 12.8 Å². The zero-order valence-electron chi connectivity index (χ0n) is 19.6. The van der Waals surface area contributed by atoms with Crippen LogP contribution in [-0.2, 0) is 4.79 Å². The Hall–Kier alpha value is -3.35. The molecule has 7 heteroatoms.